The molecule has 8 nitrogen and oxygen atoms in total. The number of hydrogen-bond acceptors (Lipinski definition) is 5. The van der Waals surface area contributed by atoms with E-state index in [1.54, 1.807) is 32.2 Å². The van der Waals surface area contributed by atoms with Crippen LogP contribution in [0.2, 0.25) is 0 Å². The average Bonchev–Trinajstić information content (AvgIpc) is 2.89. The third kappa shape index (κ3) is 3.48. The zero-order valence-corrected chi connectivity index (χ0v) is 14.0. The zero-order valence-electron chi connectivity index (χ0n) is 14.0. The van der Waals surface area contributed by atoms with Gasteiger partial charge in [0.15, 0.2) is 0 Å². The van der Waals surface area contributed by atoms with Gasteiger partial charge in [-0.05, 0) is 24.6 Å². The molecule has 0 atom stereocenters. The Labute approximate surface area is 143 Å². The fraction of sp³-hybridized carbons (Fsp3) is 0.353. The van der Waals surface area contributed by atoms with Gasteiger partial charge in [-0.1, -0.05) is 12.1 Å². The Morgan fingerprint density at radius 3 is 2.80 bits per heavy atom. The second-order valence-electron chi connectivity index (χ2n) is 5.98. The number of benzene rings is 1. The average molecular weight is 345 g/mol. The molecule has 8 heteroatoms. The third-order valence-corrected chi connectivity index (χ3v) is 4.09. The van der Waals surface area contributed by atoms with Crippen LogP contribution in [0.1, 0.15) is 32.0 Å². The van der Waals surface area contributed by atoms with Crippen LogP contribution in [0.5, 0.6) is 0 Å². The Bertz CT molecular complexity index is 848. The van der Waals surface area contributed by atoms with Gasteiger partial charge in [0.05, 0.1) is 12.6 Å². The second kappa shape index (κ2) is 6.94. The molecule has 1 saturated heterocycles. The highest BCUT2D eigenvalue weighted by Gasteiger charge is 2.35. The number of carbonyl (C=O) groups is 2. The summed E-state index contributed by atoms with van der Waals surface area (Å²) in [5, 5.41) is 5.02. The van der Waals surface area contributed by atoms with Crippen LogP contribution in [-0.4, -0.2) is 48.1 Å². The Morgan fingerprint density at radius 1 is 1.40 bits per heavy atom. The van der Waals surface area contributed by atoms with Gasteiger partial charge in [-0.15, -0.1) is 0 Å². The maximum atomic E-state index is 12.3. The van der Waals surface area contributed by atoms with E-state index < -0.39 is 5.56 Å². The maximum Gasteiger partial charge on any atom is 0.293 e. The van der Waals surface area contributed by atoms with Gasteiger partial charge < -0.3 is 19.5 Å². The van der Waals surface area contributed by atoms with E-state index in [1.165, 1.54) is 4.90 Å². The number of ether oxygens (including phenoxy) is 1. The number of carbonyl (C=O) groups excluding carboxylic acids is 2. The summed E-state index contributed by atoms with van der Waals surface area (Å²) in [7, 11) is 1.60. The lowest BCUT2D eigenvalue weighted by Crippen LogP contribution is -2.61. The molecule has 2 aromatic rings. The second-order valence-corrected chi connectivity index (χ2v) is 5.98. The predicted octanol–water partition coefficient (Wildman–Crippen LogP) is 0.677. The molecule has 1 fully saturated rings. The van der Waals surface area contributed by atoms with Crippen molar-refractivity contribution >= 4 is 11.8 Å². The summed E-state index contributed by atoms with van der Waals surface area (Å²) in [6.45, 7) is 2.70. The summed E-state index contributed by atoms with van der Waals surface area (Å²) in [6, 6.07) is 7.04. The predicted molar refractivity (Wildman–Crippen MR) is 88.4 cm³/mol. The third-order valence-electron chi connectivity index (χ3n) is 4.09. The molecule has 1 aromatic carbocycles. The number of aryl methyl sites for hydroxylation is 1. The van der Waals surface area contributed by atoms with Crippen LogP contribution in [0, 0.1) is 6.92 Å². The van der Waals surface area contributed by atoms with Crippen LogP contribution in [0.3, 0.4) is 0 Å². The van der Waals surface area contributed by atoms with Crippen LogP contribution in [-0.2, 0) is 11.3 Å². The molecule has 2 amide bonds. The van der Waals surface area contributed by atoms with E-state index in [-0.39, 0.29) is 29.2 Å². The molecule has 0 bridgehead atoms. The fourth-order valence-electron chi connectivity index (χ4n) is 2.76. The molecule has 3 rings (SSSR count). The van der Waals surface area contributed by atoms with E-state index in [2.05, 4.69) is 10.5 Å². The van der Waals surface area contributed by atoms with Crippen molar-refractivity contribution in [2.75, 3.05) is 20.2 Å². The summed E-state index contributed by atoms with van der Waals surface area (Å²) in [4.78, 5) is 37.6. The Morgan fingerprint density at radius 2 is 2.16 bits per heavy atom. The summed E-state index contributed by atoms with van der Waals surface area (Å²) in [5.74, 6) is -0.329. The quantitative estimate of drug-likeness (QED) is 0.829. The molecule has 1 aromatic heterocycles. The van der Waals surface area contributed by atoms with Gasteiger partial charge in [0, 0.05) is 25.8 Å². The summed E-state index contributed by atoms with van der Waals surface area (Å²) in [5.41, 5.74) is 0.929. The minimum Gasteiger partial charge on any atom is -0.383 e. The largest absolute Gasteiger partial charge is 0.383 e. The molecular weight excluding hydrogens is 326 g/mol. The first-order chi connectivity index (χ1) is 12.0. The Balaban J connectivity index is 1.57. The Kier molecular flexibility index (Phi) is 4.71. The van der Waals surface area contributed by atoms with E-state index in [0.717, 1.165) is 5.56 Å². The van der Waals surface area contributed by atoms with Crippen molar-refractivity contribution in [3.05, 3.63) is 57.1 Å². The molecule has 0 saturated carbocycles. The van der Waals surface area contributed by atoms with Crippen molar-refractivity contribution in [1.82, 2.24) is 15.4 Å². The van der Waals surface area contributed by atoms with E-state index in [4.69, 9.17) is 9.26 Å². The topological polar surface area (TPSA) is 105 Å². The van der Waals surface area contributed by atoms with Gasteiger partial charge in [0.25, 0.3) is 17.4 Å². The highest BCUT2D eigenvalue weighted by Crippen LogP contribution is 2.15. The summed E-state index contributed by atoms with van der Waals surface area (Å²) < 4.78 is 9.91. The van der Waals surface area contributed by atoms with Crippen molar-refractivity contribution in [2.24, 2.45) is 0 Å². The van der Waals surface area contributed by atoms with Crippen molar-refractivity contribution in [3.8, 4) is 0 Å². The van der Waals surface area contributed by atoms with Crippen LogP contribution >= 0.6 is 0 Å². The smallest absolute Gasteiger partial charge is 0.293 e. The number of aromatic amines is 1. The lowest BCUT2D eigenvalue weighted by atomic mass is 10.1. The number of likely N-dealkylation sites (tertiary alicyclic amines) is 1. The van der Waals surface area contributed by atoms with Crippen molar-refractivity contribution in [1.29, 1.82) is 0 Å². The number of methoxy groups -OCH3 is 1. The summed E-state index contributed by atoms with van der Waals surface area (Å²) in [6.07, 6.45) is 0. The molecule has 132 valence electrons. The van der Waals surface area contributed by atoms with Gasteiger partial charge >= 0.3 is 0 Å². The van der Waals surface area contributed by atoms with E-state index in [1.807, 2.05) is 6.07 Å². The minimum atomic E-state index is -0.537. The first-order valence-corrected chi connectivity index (χ1v) is 7.85. The highest BCUT2D eigenvalue weighted by molar-refractivity contribution is 5.96. The van der Waals surface area contributed by atoms with Crippen LogP contribution in [0.4, 0.5) is 0 Å². The molecule has 25 heavy (non-hydrogen) atoms. The standard InChI is InChI=1S/C17H19N3O5/c1-10-14(16(22)19-25-10)17(23)20-7-13(8-20)18-15(21)12-5-3-4-11(6-12)9-24-2/h3-6,13H,7-9H2,1-2H3,(H,18,21)(H,19,22). The number of aromatic nitrogens is 1. The first-order valence-electron chi connectivity index (χ1n) is 7.85. The lowest BCUT2D eigenvalue weighted by molar-refractivity contribution is 0.0540. The number of amides is 2. The molecule has 2 heterocycles. The van der Waals surface area contributed by atoms with Gasteiger partial charge in [-0.3, -0.25) is 14.4 Å². The van der Waals surface area contributed by atoms with Crippen molar-refractivity contribution < 1.29 is 18.8 Å². The SMILES string of the molecule is COCc1cccc(C(=O)NC2CN(C(=O)c3c(C)o[nH]c3=O)C2)c1. The van der Waals surface area contributed by atoms with Gasteiger partial charge in [-0.25, -0.2) is 0 Å². The van der Waals surface area contributed by atoms with Gasteiger partial charge in [-0.2, -0.15) is 5.16 Å². The monoisotopic (exact) mass is 345 g/mol. The number of rotatable bonds is 5. The zero-order chi connectivity index (χ0) is 18.0. The number of hydrogen-bond donors (Lipinski definition) is 2. The van der Waals surface area contributed by atoms with Gasteiger partial charge in [0.1, 0.15) is 11.3 Å². The highest BCUT2D eigenvalue weighted by atomic mass is 16.5. The fourth-order valence-corrected chi connectivity index (χ4v) is 2.76. The molecule has 0 radical (unpaired) electrons. The molecule has 1 aliphatic heterocycles. The van der Waals surface area contributed by atoms with E-state index >= 15 is 0 Å². The minimum absolute atomic E-state index is 0.0112. The molecular formula is C17H19N3O5. The van der Waals surface area contributed by atoms with E-state index in [9.17, 15) is 14.4 Å². The van der Waals surface area contributed by atoms with Gasteiger partial charge in [0.2, 0.25) is 0 Å². The molecule has 2 N–H and O–H groups in total. The number of nitrogens with zero attached hydrogens (tertiary/aromatic N) is 1. The first kappa shape index (κ1) is 17.0. The molecule has 1 aliphatic rings. The lowest BCUT2D eigenvalue weighted by Gasteiger charge is -2.39. The van der Waals surface area contributed by atoms with Crippen molar-refractivity contribution in [3.63, 3.8) is 0 Å². The molecule has 0 aliphatic carbocycles. The van der Waals surface area contributed by atoms with E-state index in [0.29, 0.717) is 25.3 Å². The van der Waals surface area contributed by atoms with Crippen molar-refractivity contribution in [2.45, 2.75) is 19.6 Å². The Hall–Kier alpha value is -2.87. The maximum absolute atomic E-state index is 12.3. The van der Waals surface area contributed by atoms with Crippen LogP contribution in [0.15, 0.2) is 33.6 Å². The van der Waals surface area contributed by atoms with Crippen LogP contribution < -0.4 is 10.9 Å². The number of nitrogens with one attached hydrogen (secondary N) is 2. The molecule has 0 spiro atoms. The normalized spacial score (nSPS) is 14.2. The van der Waals surface area contributed by atoms with Crippen LogP contribution in [0.25, 0.3) is 0 Å². The summed E-state index contributed by atoms with van der Waals surface area (Å²) >= 11 is 0. The molecule has 0 unspecified atom stereocenters. The number of H-pyrrole nitrogens is 1.